The third kappa shape index (κ3) is 2.02. The molecule has 1 saturated carbocycles. The molecule has 5 fully saturated rings. The molecule has 5 rings (SSSR count). The molecule has 2 bridgehead atoms. The molecule has 0 unspecified atom stereocenters. The van der Waals surface area contributed by atoms with E-state index in [-0.39, 0.29) is 18.2 Å². The molecular formula is C16H22N2O5. The van der Waals surface area contributed by atoms with E-state index in [9.17, 15) is 14.7 Å². The van der Waals surface area contributed by atoms with E-state index in [2.05, 4.69) is 5.32 Å². The number of hydrogen-bond donors (Lipinski definition) is 2. The molecule has 23 heavy (non-hydrogen) atoms. The second-order valence-electron chi connectivity index (χ2n) is 7.65. The summed E-state index contributed by atoms with van der Waals surface area (Å²) in [5, 5.41) is 12.4. The lowest BCUT2D eigenvalue weighted by Gasteiger charge is -2.28. The molecule has 7 nitrogen and oxygen atoms in total. The van der Waals surface area contributed by atoms with E-state index in [1.165, 1.54) is 11.3 Å². The summed E-state index contributed by atoms with van der Waals surface area (Å²) in [4.78, 5) is 25.6. The maximum Gasteiger partial charge on any atom is 0.326 e. The third-order valence-electron chi connectivity index (χ3n) is 6.48. The molecule has 0 spiro atoms. The standard InChI is InChI=1S/C16H22N2O5/c19-15(20)11-5-13-10(1-2-22-13)18(11)16(21)17-6-7-3-12-8-4-9(8)14(7)23-12/h7-14H,1-6H2,(H,17,21)(H,19,20)/t7-,8+,9-,10-,11-,12-,13-,14+/m0/s1. The maximum absolute atomic E-state index is 12.6. The summed E-state index contributed by atoms with van der Waals surface area (Å²) in [6.45, 7) is 1.19. The fourth-order valence-electron chi connectivity index (χ4n) is 5.33. The number of carboxylic acid groups (broad SMARTS) is 1. The summed E-state index contributed by atoms with van der Waals surface area (Å²) in [7, 11) is 0. The molecule has 2 amide bonds. The van der Waals surface area contributed by atoms with Crippen LogP contribution in [0.4, 0.5) is 4.79 Å². The second-order valence-corrected chi connectivity index (χ2v) is 7.65. The van der Waals surface area contributed by atoms with Gasteiger partial charge in [-0.1, -0.05) is 0 Å². The van der Waals surface area contributed by atoms with E-state index in [0.29, 0.717) is 43.6 Å². The molecule has 4 saturated heterocycles. The molecule has 4 aliphatic heterocycles. The van der Waals surface area contributed by atoms with Gasteiger partial charge in [0.25, 0.3) is 0 Å². The van der Waals surface area contributed by atoms with Crippen molar-refractivity contribution in [3.05, 3.63) is 0 Å². The van der Waals surface area contributed by atoms with Crippen LogP contribution in [0.2, 0.25) is 0 Å². The Balaban J connectivity index is 1.23. The van der Waals surface area contributed by atoms with Crippen molar-refractivity contribution >= 4 is 12.0 Å². The van der Waals surface area contributed by atoms with Crippen LogP contribution in [0.15, 0.2) is 0 Å². The van der Waals surface area contributed by atoms with Gasteiger partial charge in [0.2, 0.25) is 0 Å². The Morgan fingerprint density at radius 3 is 2.78 bits per heavy atom. The average molecular weight is 322 g/mol. The predicted molar refractivity (Wildman–Crippen MR) is 77.8 cm³/mol. The Labute approximate surface area is 134 Å². The lowest BCUT2D eigenvalue weighted by molar-refractivity contribution is -0.141. The number of hydrogen-bond acceptors (Lipinski definition) is 4. The Morgan fingerprint density at radius 1 is 1.17 bits per heavy atom. The van der Waals surface area contributed by atoms with Crippen molar-refractivity contribution in [3.8, 4) is 0 Å². The average Bonchev–Trinajstić information content (AvgIpc) is 2.88. The summed E-state index contributed by atoms with van der Waals surface area (Å²) >= 11 is 0. The van der Waals surface area contributed by atoms with Crippen LogP contribution in [0, 0.1) is 17.8 Å². The first kappa shape index (κ1) is 14.0. The van der Waals surface area contributed by atoms with Gasteiger partial charge in [0.05, 0.1) is 24.4 Å². The predicted octanol–water partition coefficient (Wildman–Crippen LogP) is 0.436. The minimum absolute atomic E-state index is 0.0970. The molecule has 8 atom stereocenters. The molecule has 4 heterocycles. The molecule has 0 aromatic heterocycles. The topological polar surface area (TPSA) is 88.1 Å². The van der Waals surface area contributed by atoms with E-state index in [1.807, 2.05) is 0 Å². The lowest BCUT2D eigenvalue weighted by atomic mass is 9.89. The number of nitrogens with one attached hydrogen (secondary N) is 1. The zero-order valence-electron chi connectivity index (χ0n) is 12.9. The molecule has 0 aromatic carbocycles. The van der Waals surface area contributed by atoms with Gasteiger partial charge < -0.3 is 24.8 Å². The van der Waals surface area contributed by atoms with Crippen LogP contribution >= 0.6 is 0 Å². The number of carbonyl (C=O) groups is 2. The monoisotopic (exact) mass is 322 g/mol. The zero-order valence-corrected chi connectivity index (χ0v) is 12.9. The number of urea groups is 1. The van der Waals surface area contributed by atoms with Crippen LogP contribution in [-0.4, -0.2) is 65.6 Å². The van der Waals surface area contributed by atoms with Crippen LogP contribution in [0.3, 0.4) is 0 Å². The van der Waals surface area contributed by atoms with Gasteiger partial charge in [0.15, 0.2) is 0 Å². The van der Waals surface area contributed by atoms with E-state index in [4.69, 9.17) is 9.47 Å². The van der Waals surface area contributed by atoms with Gasteiger partial charge in [-0.15, -0.1) is 0 Å². The van der Waals surface area contributed by atoms with Crippen LogP contribution in [0.1, 0.15) is 25.7 Å². The highest BCUT2D eigenvalue weighted by Crippen LogP contribution is 2.60. The first-order valence-electron chi connectivity index (χ1n) is 8.69. The van der Waals surface area contributed by atoms with Gasteiger partial charge in [0.1, 0.15) is 6.04 Å². The number of carboxylic acids is 1. The smallest absolute Gasteiger partial charge is 0.326 e. The number of likely N-dealkylation sites (tertiary alicyclic amines) is 1. The molecule has 1 aliphatic carbocycles. The van der Waals surface area contributed by atoms with Crippen molar-refractivity contribution in [2.24, 2.45) is 17.8 Å². The minimum atomic E-state index is -0.942. The van der Waals surface area contributed by atoms with Crippen molar-refractivity contribution in [1.29, 1.82) is 0 Å². The summed E-state index contributed by atoms with van der Waals surface area (Å²) in [6.07, 6.45) is 4.02. The number of carbonyl (C=O) groups excluding carboxylic acids is 1. The van der Waals surface area contributed by atoms with Crippen molar-refractivity contribution < 1.29 is 24.2 Å². The quantitative estimate of drug-likeness (QED) is 0.787. The van der Waals surface area contributed by atoms with Crippen LogP contribution in [-0.2, 0) is 14.3 Å². The van der Waals surface area contributed by atoms with E-state index >= 15 is 0 Å². The van der Waals surface area contributed by atoms with Crippen molar-refractivity contribution in [1.82, 2.24) is 10.2 Å². The maximum atomic E-state index is 12.6. The number of nitrogens with zero attached hydrogens (tertiary/aromatic N) is 1. The highest BCUT2D eigenvalue weighted by Gasteiger charge is 2.62. The Morgan fingerprint density at radius 2 is 2.04 bits per heavy atom. The first-order chi connectivity index (χ1) is 11.1. The van der Waals surface area contributed by atoms with Crippen LogP contribution in [0.5, 0.6) is 0 Å². The molecule has 7 heteroatoms. The second kappa shape index (κ2) is 4.83. The van der Waals surface area contributed by atoms with Gasteiger partial charge in [0, 0.05) is 25.5 Å². The summed E-state index contributed by atoms with van der Waals surface area (Å²) < 4.78 is 11.5. The van der Waals surface area contributed by atoms with Crippen molar-refractivity contribution in [2.45, 2.75) is 56.1 Å². The van der Waals surface area contributed by atoms with Crippen LogP contribution in [0.25, 0.3) is 0 Å². The Bertz CT molecular complexity index is 555. The first-order valence-corrected chi connectivity index (χ1v) is 8.69. The molecule has 0 radical (unpaired) electrons. The summed E-state index contributed by atoms with van der Waals surface area (Å²) in [6, 6.07) is -1.12. The largest absolute Gasteiger partial charge is 0.480 e. The zero-order chi connectivity index (χ0) is 15.7. The summed E-state index contributed by atoms with van der Waals surface area (Å²) in [5.74, 6) is 0.927. The molecule has 5 aliphatic rings. The van der Waals surface area contributed by atoms with Gasteiger partial charge in [-0.25, -0.2) is 9.59 Å². The van der Waals surface area contributed by atoms with E-state index < -0.39 is 12.0 Å². The molecular weight excluding hydrogens is 300 g/mol. The highest BCUT2D eigenvalue weighted by atomic mass is 16.5. The normalized spacial score (nSPS) is 49.1. The van der Waals surface area contributed by atoms with Crippen molar-refractivity contribution in [2.75, 3.05) is 13.2 Å². The lowest BCUT2D eigenvalue weighted by Crippen LogP contribution is -2.51. The third-order valence-corrected chi connectivity index (χ3v) is 6.48. The van der Waals surface area contributed by atoms with E-state index in [0.717, 1.165) is 18.8 Å². The molecule has 2 N–H and O–H groups in total. The summed E-state index contributed by atoms with van der Waals surface area (Å²) in [5.41, 5.74) is 0. The van der Waals surface area contributed by atoms with Gasteiger partial charge >= 0.3 is 12.0 Å². The van der Waals surface area contributed by atoms with Gasteiger partial charge in [-0.05, 0) is 31.1 Å². The number of aliphatic carboxylic acids is 1. The fraction of sp³-hybridized carbons (Fsp3) is 0.875. The SMILES string of the molecule is O=C(O)[C@@H]1C[C@@H]2OCC[C@@H]2N1C(=O)NC[C@@H]1C[C@@H]2O[C@H]1[C@H]1C[C@H]12. The fourth-order valence-corrected chi connectivity index (χ4v) is 5.33. The Hall–Kier alpha value is -1.34. The number of fused-ring (bicyclic) bond motifs is 6. The van der Waals surface area contributed by atoms with Crippen molar-refractivity contribution in [3.63, 3.8) is 0 Å². The highest BCUT2D eigenvalue weighted by molar-refractivity contribution is 5.84. The number of rotatable bonds is 3. The molecule has 0 aromatic rings. The number of ether oxygens (including phenoxy) is 2. The number of amides is 2. The van der Waals surface area contributed by atoms with Gasteiger partial charge in [-0.2, -0.15) is 0 Å². The van der Waals surface area contributed by atoms with Crippen LogP contribution < -0.4 is 5.32 Å². The van der Waals surface area contributed by atoms with Gasteiger partial charge in [-0.3, -0.25) is 0 Å². The minimum Gasteiger partial charge on any atom is -0.480 e. The molecule has 126 valence electrons. The Kier molecular flexibility index (Phi) is 2.95. The van der Waals surface area contributed by atoms with E-state index in [1.54, 1.807) is 0 Å².